The number of halogens is 3. The molecule has 3 aromatic heterocycles. The molecule has 0 bridgehead atoms. The van der Waals surface area contributed by atoms with E-state index in [9.17, 15) is 22.8 Å². The number of nitrogens with zero attached hydrogens (tertiary/aromatic N) is 7. The predicted octanol–water partition coefficient (Wildman–Crippen LogP) is 2.46. The second-order valence-electron chi connectivity index (χ2n) is 9.38. The zero-order valence-electron chi connectivity index (χ0n) is 20.5. The fourth-order valence-corrected chi connectivity index (χ4v) is 4.69. The Morgan fingerprint density at radius 3 is 2.65 bits per heavy atom. The first-order chi connectivity index (χ1) is 17.5. The number of aromatic amines is 1. The van der Waals surface area contributed by atoms with Crippen molar-refractivity contribution >= 4 is 28.0 Å². The SMILES string of the molecule is C=CC(=O)N1CC(c2nc3nc(C(F)(F)F)n(-c4c(C)ccc5[nH]ncc45)c(=O)c3n2CCN(C)C)C1. The van der Waals surface area contributed by atoms with Crippen LogP contribution in [-0.4, -0.2) is 78.7 Å². The molecule has 1 saturated heterocycles. The van der Waals surface area contributed by atoms with Gasteiger partial charge in [0.15, 0.2) is 11.2 Å². The highest BCUT2D eigenvalue weighted by molar-refractivity contribution is 5.89. The van der Waals surface area contributed by atoms with Gasteiger partial charge in [-0.1, -0.05) is 12.6 Å². The Hall–Kier alpha value is -4.00. The molecule has 1 aromatic carbocycles. The minimum absolute atomic E-state index is 0.0155. The lowest BCUT2D eigenvalue weighted by molar-refractivity contribution is -0.146. The van der Waals surface area contributed by atoms with Gasteiger partial charge >= 0.3 is 6.18 Å². The summed E-state index contributed by atoms with van der Waals surface area (Å²) in [6.45, 7) is 6.58. The van der Waals surface area contributed by atoms with Gasteiger partial charge in [0.25, 0.3) is 5.56 Å². The van der Waals surface area contributed by atoms with E-state index >= 15 is 0 Å². The van der Waals surface area contributed by atoms with Gasteiger partial charge in [0.2, 0.25) is 11.7 Å². The lowest BCUT2D eigenvalue weighted by atomic mass is 9.99. The van der Waals surface area contributed by atoms with E-state index in [1.165, 1.54) is 12.3 Å². The number of rotatable bonds is 6. The molecular weight excluding hydrogens is 489 g/mol. The average molecular weight is 515 g/mol. The number of carbonyl (C=O) groups excluding carboxylic acids is 1. The maximum Gasteiger partial charge on any atom is 0.450 e. The van der Waals surface area contributed by atoms with E-state index in [1.54, 1.807) is 28.5 Å². The Morgan fingerprint density at radius 1 is 1.27 bits per heavy atom. The predicted molar refractivity (Wildman–Crippen MR) is 131 cm³/mol. The largest absolute Gasteiger partial charge is 0.450 e. The van der Waals surface area contributed by atoms with Crippen LogP contribution in [0.1, 0.15) is 23.1 Å². The van der Waals surface area contributed by atoms with E-state index in [0.717, 1.165) is 0 Å². The summed E-state index contributed by atoms with van der Waals surface area (Å²) in [6, 6.07) is 3.32. The summed E-state index contributed by atoms with van der Waals surface area (Å²) < 4.78 is 45.3. The summed E-state index contributed by atoms with van der Waals surface area (Å²) in [6.07, 6.45) is -2.33. The highest BCUT2D eigenvalue weighted by Crippen LogP contribution is 2.34. The summed E-state index contributed by atoms with van der Waals surface area (Å²) in [5.74, 6) is -1.42. The number of likely N-dealkylation sites (tertiary alicyclic amines) is 1. The first-order valence-corrected chi connectivity index (χ1v) is 11.6. The maximum atomic E-state index is 14.3. The molecule has 1 aliphatic heterocycles. The minimum atomic E-state index is -4.93. The Bertz CT molecular complexity index is 1590. The van der Waals surface area contributed by atoms with Gasteiger partial charge in [-0.3, -0.25) is 19.3 Å². The number of benzene rings is 1. The second kappa shape index (κ2) is 8.83. The number of amides is 1. The van der Waals surface area contributed by atoms with Gasteiger partial charge in [-0.2, -0.15) is 18.3 Å². The molecule has 0 unspecified atom stereocenters. The number of aryl methyl sites for hydroxylation is 1. The quantitative estimate of drug-likeness (QED) is 0.397. The van der Waals surface area contributed by atoms with Gasteiger partial charge in [0, 0.05) is 31.6 Å². The molecule has 10 nitrogen and oxygen atoms in total. The maximum absolute atomic E-state index is 14.3. The average Bonchev–Trinajstić information content (AvgIpc) is 3.41. The van der Waals surface area contributed by atoms with Crippen molar-refractivity contribution in [3.8, 4) is 5.69 Å². The molecule has 13 heteroatoms. The monoisotopic (exact) mass is 514 g/mol. The highest BCUT2D eigenvalue weighted by atomic mass is 19.4. The molecule has 1 fully saturated rings. The van der Waals surface area contributed by atoms with Crippen LogP contribution in [0.2, 0.25) is 0 Å². The van der Waals surface area contributed by atoms with E-state index in [1.807, 2.05) is 19.0 Å². The van der Waals surface area contributed by atoms with Crippen molar-refractivity contribution in [1.82, 2.24) is 39.1 Å². The molecule has 5 rings (SSSR count). The van der Waals surface area contributed by atoms with Crippen molar-refractivity contribution in [1.29, 1.82) is 0 Å². The molecule has 0 aliphatic carbocycles. The molecule has 4 heterocycles. The lowest BCUT2D eigenvalue weighted by Crippen LogP contribution is -2.48. The van der Waals surface area contributed by atoms with E-state index in [4.69, 9.17) is 0 Å². The third kappa shape index (κ3) is 4.08. The Balaban J connectivity index is 1.79. The van der Waals surface area contributed by atoms with E-state index in [0.29, 0.717) is 53.0 Å². The van der Waals surface area contributed by atoms with Crippen molar-refractivity contribution < 1.29 is 18.0 Å². The molecule has 0 spiro atoms. The number of likely N-dealkylation sites (N-methyl/N-ethyl adjacent to an activating group) is 1. The summed E-state index contributed by atoms with van der Waals surface area (Å²) in [4.78, 5) is 37.7. The Morgan fingerprint density at radius 2 is 2.00 bits per heavy atom. The van der Waals surface area contributed by atoms with Crippen LogP contribution in [0.5, 0.6) is 0 Å². The van der Waals surface area contributed by atoms with Gasteiger partial charge in [-0.25, -0.2) is 9.97 Å². The van der Waals surface area contributed by atoms with Gasteiger partial charge in [-0.05, 0) is 38.7 Å². The fraction of sp³-hybridized carbons (Fsp3) is 0.375. The smallest absolute Gasteiger partial charge is 0.338 e. The third-order valence-electron chi connectivity index (χ3n) is 6.59. The lowest BCUT2D eigenvalue weighted by Gasteiger charge is -2.38. The molecule has 0 radical (unpaired) electrons. The molecular formula is C24H25F3N8O2. The summed E-state index contributed by atoms with van der Waals surface area (Å²) in [7, 11) is 3.71. The van der Waals surface area contributed by atoms with E-state index < -0.39 is 17.6 Å². The fourth-order valence-electron chi connectivity index (χ4n) is 4.69. The van der Waals surface area contributed by atoms with Gasteiger partial charge < -0.3 is 14.4 Å². The molecule has 1 amide bonds. The zero-order valence-corrected chi connectivity index (χ0v) is 20.5. The van der Waals surface area contributed by atoms with Crippen molar-refractivity contribution in [2.45, 2.75) is 25.6 Å². The second-order valence-corrected chi connectivity index (χ2v) is 9.38. The summed E-state index contributed by atoms with van der Waals surface area (Å²) in [5.41, 5.74) is -0.147. The number of carbonyl (C=O) groups is 1. The molecule has 4 aromatic rings. The van der Waals surface area contributed by atoms with E-state index in [-0.39, 0.29) is 28.7 Å². The van der Waals surface area contributed by atoms with Gasteiger partial charge in [-0.15, -0.1) is 0 Å². The van der Waals surface area contributed by atoms with Crippen molar-refractivity contribution in [3.05, 3.63) is 58.6 Å². The number of hydrogen-bond acceptors (Lipinski definition) is 6. The number of imidazole rings is 1. The number of fused-ring (bicyclic) bond motifs is 2. The number of H-pyrrole nitrogens is 1. The van der Waals surface area contributed by atoms with Crippen LogP contribution in [-0.2, 0) is 17.5 Å². The number of alkyl halides is 3. The molecule has 1 N–H and O–H groups in total. The molecule has 0 atom stereocenters. The molecule has 1 aliphatic rings. The molecule has 37 heavy (non-hydrogen) atoms. The minimum Gasteiger partial charge on any atom is -0.338 e. The van der Waals surface area contributed by atoms with Crippen LogP contribution in [0.15, 0.2) is 35.8 Å². The van der Waals surface area contributed by atoms with Crippen molar-refractivity contribution in [3.63, 3.8) is 0 Å². The molecule has 194 valence electrons. The first-order valence-electron chi connectivity index (χ1n) is 11.6. The highest BCUT2D eigenvalue weighted by Gasteiger charge is 2.41. The van der Waals surface area contributed by atoms with Crippen molar-refractivity contribution in [2.24, 2.45) is 0 Å². The number of aromatic nitrogens is 6. The molecule has 0 saturated carbocycles. The van der Waals surface area contributed by atoms with Crippen LogP contribution in [0.4, 0.5) is 13.2 Å². The Labute approximate surface area is 209 Å². The first kappa shape index (κ1) is 24.7. The van der Waals surface area contributed by atoms with Crippen LogP contribution >= 0.6 is 0 Å². The van der Waals surface area contributed by atoms with Crippen LogP contribution in [0, 0.1) is 6.92 Å². The van der Waals surface area contributed by atoms with Crippen LogP contribution in [0.3, 0.4) is 0 Å². The van der Waals surface area contributed by atoms with Crippen molar-refractivity contribution in [2.75, 3.05) is 33.7 Å². The number of nitrogens with one attached hydrogen (secondary N) is 1. The zero-order chi connectivity index (χ0) is 26.6. The Kier molecular flexibility index (Phi) is 5.89. The van der Waals surface area contributed by atoms with E-state index in [2.05, 4.69) is 26.7 Å². The summed E-state index contributed by atoms with van der Waals surface area (Å²) >= 11 is 0. The summed E-state index contributed by atoms with van der Waals surface area (Å²) in [5, 5.41) is 7.05. The normalized spacial score (nSPS) is 14.6. The third-order valence-corrected chi connectivity index (χ3v) is 6.59. The standard InChI is InChI=1S/C24H25F3N8O2/c1-5-17(36)33-11-14(12-33)21-29-20-19(34(21)9-8-32(3)4)22(37)35(23(30-20)24(25,26)27)18-13(2)6-7-16-15(18)10-28-31-16/h5-7,10,14H,1,8-9,11-12H2,2-4H3,(H,28,31). The van der Waals surface area contributed by atoms with Gasteiger partial charge in [0.1, 0.15) is 5.82 Å². The number of hydrogen-bond donors (Lipinski definition) is 1. The van der Waals surface area contributed by atoms with Gasteiger partial charge in [0.05, 0.1) is 23.3 Å². The van der Waals surface area contributed by atoms with Crippen LogP contribution in [0.25, 0.3) is 27.8 Å². The topological polar surface area (TPSA) is 105 Å². The van der Waals surface area contributed by atoms with Crippen LogP contribution < -0.4 is 5.56 Å².